The maximum atomic E-state index is 10.9. The molecule has 3 rings (SSSR count). The molecule has 1 aromatic rings. The van der Waals surface area contributed by atoms with Crippen LogP contribution in [0.25, 0.3) is 0 Å². The van der Waals surface area contributed by atoms with E-state index in [1.165, 1.54) is 18.5 Å². The van der Waals surface area contributed by atoms with Gasteiger partial charge in [0.1, 0.15) is 0 Å². The van der Waals surface area contributed by atoms with Gasteiger partial charge in [-0.05, 0) is 43.4 Å². The fourth-order valence-electron chi connectivity index (χ4n) is 3.43. The average Bonchev–Trinajstić information content (AvgIpc) is 2.69. The van der Waals surface area contributed by atoms with Crippen molar-refractivity contribution in [3.8, 4) is 0 Å². The molecule has 0 aromatic heterocycles. The van der Waals surface area contributed by atoms with Crippen molar-refractivity contribution >= 4 is 5.69 Å². The first-order valence-corrected chi connectivity index (χ1v) is 6.83. The molecule has 2 heterocycles. The Kier molecular flexibility index (Phi) is 2.83. The zero-order valence-corrected chi connectivity index (χ0v) is 11.2. The fraction of sp³-hybridized carbons (Fsp3) is 0.600. The molecule has 2 aliphatic heterocycles. The van der Waals surface area contributed by atoms with Crippen molar-refractivity contribution in [1.29, 1.82) is 0 Å². The molecular weight excluding hydrogens is 224 g/mol. The normalized spacial score (nSPS) is 34.6. The van der Waals surface area contributed by atoms with Crippen LogP contribution in [0.3, 0.4) is 0 Å². The Labute approximate surface area is 109 Å². The minimum atomic E-state index is -0.623. The minimum absolute atomic E-state index is 0.502. The number of benzene rings is 1. The van der Waals surface area contributed by atoms with Gasteiger partial charge < -0.3 is 15.3 Å². The molecule has 3 nitrogen and oxygen atoms in total. The molecule has 2 aliphatic rings. The Hall–Kier alpha value is -1.06. The average molecular weight is 246 g/mol. The maximum Gasteiger partial charge on any atom is 0.0926 e. The van der Waals surface area contributed by atoms with E-state index in [4.69, 9.17) is 0 Å². The molecule has 18 heavy (non-hydrogen) atoms. The van der Waals surface area contributed by atoms with E-state index in [9.17, 15) is 5.11 Å². The van der Waals surface area contributed by atoms with E-state index in [0.29, 0.717) is 12.1 Å². The van der Waals surface area contributed by atoms with Crippen molar-refractivity contribution in [2.75, 3.05) is 19.0 Å². The van der Waals surface area contributed by atoms with E-state index < -0.39 is 5.60 Å². The van der Waals surface area contributed by atoms with Gasteiger partial charge in [-0.3, -0.25) is 0 Å². The van der Waals surface area contributed by atoms with Gasteiger partial charge in [-0.2, -0.15) is 0 Å². The number of anilines is 1. The predicted octanol–water partition coefficient (Wildman–Crippen LogP) is 1.85. The second-order valence-electron chi connectivity index (χ2n) is 6.02. The molecule has 0 spiro atoms. The van der Waals surface area contributed by atoms with Gasteiger partial charge in [-0.1, -0.05) is 12.1 Å². The van der Waals surface area contributed by atoms with Crippen molar-refractivity contribution in [1.82, 2.24) is 5.32 Å². The third kappa shape index (κ3) is 2.02. The Morgan fingerprint density at radius 3 is 2.17 bits per heavy atom. The van der Waals surface area contributed by atoms with E-state index >= 15 is 0 Å². The molecule has 2 saturated heterocycles. The van der Waals surface area contributed by atoms with Crippen LogP contribution in [0.4, 0.5) is 5.69 Å². The van der Waals surface area contributed by atoms with E-state index in [1.54, 1.807) is 0 Å². The maximum absolute atomic E-state index is 10.9. The van der Waals surface area contributed by atoms with Crippen LogP contribution in [0.15, 0.2) is 24.3 Å². The summed E-state index contributed by atoms with van der Waals surface area (Å²) in [4.78, 5) is 2.08. The highest BCUT2D eigenvalue weighted by molar-refractivity contribution is 5.47. The lowest BCUT2D eigenvalue weighted by Crippen LogP contribution is -2.46. The highest BCUT2D eigenvalue weighted by Crippen LogP contribution is 2.40. The Balaban J connectivity index is 1.85. The lowest BCUT2D eigenvalue weighted by Gasteiger charge is -2.37. The summed E-state index contributed by atoms with van der Waals surface area (Å²) in [6.45, 7) is 0. The molecule has 0 aliphatic carbocycles. The van der Waals surface area contributed by atoms with Gasteiger partial charge in [0.15, 0.2) is 0 Å². The summed E-state index contributed by atoms with van der Waals surface area (Å²) in [7, 11) is 4.07. The van der Waals surface area contributed by atoms with Gasteiger partial charge in [0.2, 0.25) is 0 Å². The third-order valence-corrected chi connectivity index (χ3v) is 4.42. The number of hydrogen-bond acceptors (Lipinski definition) is 3. The molecule has 2 bridgehead atoms. The first-order valence-electron chi connectivity index (χ1n) is 6.83. The summed E-state index contributed by atoms with van der Waals surface area (Å²) in [5, 5.41) is 14.5. The van der Waals surface area contributed by atoms with Crippen molar-refractivity contribution in [3.63, 3.8) is 0 Å². The van der Waals surface area contributed by atoms with Crippen LogP contribution < -0.4 is 10.2 Å². The van der Waals surface area contributed by atoms with Crippen LogP contribution in [-0.4, -0.2) is 31.3 Å². The molecule has 0 amide bonds. The predicted molar refractivity (Wildman–Crippen MR) is 73.8 cm³/mol. The molecule has 2 unspecified atom stereocenters. The van der Waals surface area contributed by atoms with Crippen LogP contribution in [0, 0.1) is 0 Å². The van der Waals surface area contributed by atoms with Gasteiger partial charge in [-0.15, -0.1) is 0 Å². The minimum Gasteiger partial charge on any atom is -0.385 e. The Bertz CT molecular complexity index is 415. The summed E-state index contributed by atoms with van der Waals surface area (Å²) in [6.07, 6.45) is 4.13. The fourth-order valence-corrected chi connectivity index (χ4v) is 3.43. The number of aliphatic hydroxyl groups is 1. The largest absolute Gasteiger partial charge is 0.385 e. The molecule has 2 fully saturated rings. The first-order chi connectivity index (χ1) is 8.57. The lowest BCUT2D eigenvalue weighted by atomic mass is 9.81. The smallest absolute Gasteiger partial charge is 0.0926 e. The van der Waals surface area contributed by atoms with E-state index in [0.717, 1.165) is 18.4 Å². The summed E-state index contributed by atoms with van der Waals surface area (Å²) in [5.41, 5.74) is 1.63. The van der Waals surface area contributed by atoms with E-state index in [2.05, 4.69) is 34.5 Å². The molecule has 3 heteroatoms. The van der Waals surface area contributed by atoms with Crippen LogP contribution in [-0.2, 0) is 5.60 Å². The van der Waals surface area contributed by atoms with Gasteiger partial charge in [0.25, 0.3) is 0 Å². The lowest BCUT2D eigenvalue weighted by molar-refractivity contribution is -0.0114. The number of hydrogen-bond donors (Lipinski definition) is 2. The SMILES string of the molecule is CN(C)c1ccc(C2(O)CC3CCC(C2)N3)cc1. The molecule has 0 radical (unpaired) electrons. The van der Waals surface area contributed by atoms with Crippen LogP contribution in [0.1, 0.15) is 31.2 Å². The van der Waals surface area contributed by atoms with E-state index in [-0.39, 0.29) is 0 Å². The molecule has 2 atom stereocenters. The summed E-state index contributed by atoms with van der Waals surface area (Å²) < 4.78 is 0. The third-order valence-electron chi connectivity index (χ3n) is 4.42. The van der Waals surface area contributed by atoms with E-state index in [1.807, 2.05) is 14.1 Å². The second kappa shape index (κ2) is 4.25. The van der Waals surface area contributed by atoms with Crippen molar-refractivity contribution < 1.29 is 5.11 Å². The van der Waals surface area contributed by atoms with Crippen molar-refractivity contribution in [2.24, 2.45) is 0 Å². The number of rotatable bonds is 2. The van der Waals surface area contributed by atoms with Crippen LogP contribution in [0.2, 0.25) is 0 Å². The summed E-state index contributed by atoms with van der Waals surface area (Å²) in [6, 6.07) is 9.36. The standard InChI is InChI=1S/C15H22N2O/c1-17(2)14-7-3-11(4-8-14)15(18)9-12-5-6-13(10-15)16-12/h3-4,7-8,12-13,16,18H,5-6,9-10H2,1-2H3. The quantitative estimate of drug-likeness (QED) is 0.836. The second-order valence-corrected chi connectivity index (χ2v) is 6.02. The topological polar surface area (TPSA) is 35.5 Å². The summed E-state index contributed by atoms with van der Waals surface area (Å²) in [5.74, 6) is 0. The zero-order valence-electron chi connectivity index (χ0n) is 11.2. The molecule has 98 valence electrons. The molecular formula is C15H22N2O. The molecule has 2 N–H and O–H groups in total. The van der Waals surface area contributed by atoms with Gasteiger partial charge in [0, 0.05) is 31.9 Å². The van der Waals surface area contributed by atoms with Gasteiger partial charge >= 0.3 is 0 Å². The highest BCUT2D eigenvalue weighted by atomic mass is 16.3. The Morgan fingerprint density at radius 1 is 1.11 bits per heavy atom. The van der Waals surface area contributed by atoms with Gasteiger partial charge in [0.05, 0.1) is 5.60 Å². The zero-order chi connectivity index (χ0) is 12.8. The number of nitrogens with one attached hydrogen (secondary N) is 1. The van der Waals surface area contributed by atoms with Crippen molar-refractivity contribution in [3.05, 3.63) is 29.8 Å². The number of piperidine rings is 1. The number of fused-ring (bicyclic) bond motifs is 2. The van der Waals surface area contributed by atoms with Gasteiger partial charge in [-0.25, -0.2) is 0 Å². The first kappa shape index (κ1) is 12.0. The van der Waals surface area contributed by atoms with Crippen LogP contribution in [0.5, 0.6) is 0 Å². The van der Waals surface area contributed by atoms with Crippen molar-refractivity contribution in [2.45, 2.75) is 43.4 Å². The monoisotopic (exact) mass is 246 g/mol. The molecule has 1 aromatic carbocycles. The van der Waals surface area contributed by atoms with Crippen LogP contribution >= 0.6 is 0 Å². The Morgan fingerprint density at radius 2 is 1.67 bits per heavy atom. The number of nitrogens with zero attached hydrogens (tertiary/aromatic N) is 1. The molecule has 0 saturated carbocycles. The summed E-state index contributed by atoms with van der Waals surface area (Å²) >= 11 is 0. The highest BCUT2D eigenvalue weighted by Gasteiger charge is 2.43.